The molecule has 0 spiro atoms. The summed E-state index contributed by atoms with van der Waals surface area (Å²) in [6.45, 7) is 0. The Morgan fingerprint density at radius 3 is 2.35 bits per heavy atom. The van der Waals surface area contributed by atoms with E-state index in [1.165, 1.54) is 23.0 Å². The summed E-state index contributed by atoms with van der Waals surface area (Å²) >= 11 is 1.53. The maximum Gasteiger partial charge on any atom is 0.169 e. The van der Waals surface area contributed by atoms with E-state index in [1.54, 1.807) is 0 Å². The molecule has 0 atom stereocenters. The van der Waals surface area contributed by atoms with Crippen LogP contribution in [0.3, 0.4) is 0 Å². The summed E-state index contributed by atoms with van der Waals surface area (Å²) in [5.41, 5.74) is 1.67. The summed E-state index contributed by atoms with van der Waals surface area (Å²) in [6, 6.07) is 13.4. The standard InChI is InChI=1S/C13H12O2S2/c1-17(14,15)10-12(13-8-5-9-16-13)11-6-3-2-4-7-11/h2-10H,1H3/b12-10+. The molecule has 0 aliphatic rings. The van der Waals surface area contributed by atoms with Crippen LogP contribution in [0.25, 0.3) is 5.57 Å². The van der Waals surface area contributed by atoms with Crippen molar-refractivity contribution in [3.63, 3.8) is 0 Å². The highest BCUT2D eigenvalue weighted by Crippen LogP contribution is 2.27. The van der Waals surface area contributed by atoms with Crippen molar-refractivity contribution >= 4 is 26.7 Å². The van der Waals surface area contributed by atoms with Gasteiger partial charge in [0.15, 0.2) is 9.84 Å². The smallest absolute Gasteiger partial charge is 0.169 e. The van der Waals surface area contributed by atoms with Crippen molar-refractivity contribution in [1.82, 2.24) is 0 Å². The normalized spacial score (nSPS) is 12.6. The second-order valence-electron chi connectivity index (χ2n) is 3.70. The molecule has 2 aromatic rings. The number of sulfone groups is 1. The van der Waals surface area contributed by atoms with Gasteiger partial charge in [-0.25, -0.2) is 8.42 Å². The lowest BCUT2D eigenvalue weighted by molar-refractivity contribution is 0.610. The first-order valence-corrected chi connectivity index (χ1v) is 7.91. The van der Waals surface area contributed by atoms with E-state index in [1.807, 2.05) is 47.8 Å². The van der Waals surface area contributed by atoms with Gasteiger partial charge in [0, 0.05) is 22.1 Å². The first kappa shape index (κ1) is 12.1. The van der Waals surface area contributed by atoms with Crippen LogP contribution < -0.4 is 0 Å². The van der Waals surface area contributed by atoms with E-state index < -0.39 is 9.84 Å². The first-order valence-electron chi connectivity index (χ1n) is 5.07. The maximum absolute atomic E-state index is 11.4. The van der Waals surface area contributed by atoms with Crippen molar-refractivity contribution in [3.8, 4) is 0 Å². The zero-order chi connectivity index (χ0) is 12.3. The molecule has 88 valence electrons. The zero-order valence-corrected chi connectivity index (χ0v) is 11.0. The van der Waals surface area contributed by atoms with Crippen molar-refractivity contribution in [1.29, 1.82) is 0 Å². The molecule has 0 unspecified atom stereocenters. The minimum atomic E-state index is -3.15. The molecule has 0 bridgehead atoms. The molecule has 4 heteroatoms. The molecule has 2 nitrogen and oxygen atoms in total. The molecule has 0 N–H and O–H groups in total. The lowest BCUT2D eigenvalue weighted by Gasteiger charge is -2.04. The minimum absolute atomic E-state index is 0.753. The third kappa shape index (κ3) is 3.28. The highest BCUT2D eigenvalue weighted by molar-refractivity contribution is 7.93. The van der Waals surface area contributed by atoms with Crippen LogP contribution in [-0.2, 0) is 9.84 Å². The van der Waals surface area contributed by atoms with Gasteiger partial charge in [0.2, 0.25) is 0 Å². The molecule has 0 radical (unpaired) electrons. The van der Waals surface area contributed by atoms with Crippen LogP contribution >= 0.6 is 11.3 Å². The average molecular weight is 264 g/mol. The van der Waals surface area contributed by atoms with Crippen molar-refractivity contribution in [2.45, 2.75) is 0 Å². The van der Waals surface area contributed by atoms with Crippen LogP contribution in [0.5, 0.6) is 0 Å². The van der Waals surface area contributed by atoms with Crippen molar-refractivity contribution in [3.05, 3.63) is 63.7 Å². The summed E-state index contributed by atoms with van der Waals surface area (Å²) in [7, 11) is -3.15. The molecule has 0 fully saturated rings. The van der Waals surface area contributed by atoms with Crippen LogP contribution in [0.2, 0.25) is 0 Å². The predicted octanol–water partition coefficient (Wildman–Crippen LogP) is 3.18. The summed E-state index contributed by atoms with van der Waals surface area (Å²) in [5.74, 6) is 0. The summed E-state index contributed by atoms with van der Waals surface area (Å²) < 4.78 is 22.9. The second kappa shape index (κ2) is 4.85. The van der Waals surface area contributed by atoms with E-state index in [0.29, 0.717) is 0 Å². The highest BCUT2D eigenvalue weighted by atomic mass is 32.2. The molecular weight excluding hydrogens is 252 g/mol. The van der Waals surface area contributed by atoms with E-state index in [4.69, 9.17) is 0 Å². The topological polar surface area (TPSA) is 34.1 Å². The van der Waals surface area contributed by atoms with E-state index in [2.05, 4.69) is 0 Å². The Morgan fingerprint density at radius 1 is 1.12 bits per heavy atom. The van der Waals surface area contributed by atoms with Gasteiger partial charge in [0.25, 0.3) is 0 Å². The monoisotopic (exact) mass is 264 g/mol. The van der Waals surface area contributed by atoms with Crippen molar-refractivity contribution in [2.24, 2.45) is 0 Å². The Morgan fingerprint density at radius 2 is 1.82 bits per heavy atom. The molecule has 0 amide bonds. The molecule has 17 heavy (non-hydrogen) atoms. The fourth-order valence-corrected chi connectivity index (χ4v) is 3.06. The average Bonchev–Trinajstić information content (AvgIpc) is 2.79. The molecule has 0 aliphatic heterocycles. The Hall–Kier alpha value is -1.39. The fraction of sp³-hybridized carbons (Fsp3) is 0.0769. The van der Waals surface area contributed by atoms with Crippen molar-refractivity contribution in [2.75, 3.05) is 6.26 Å². The molecular formula is C13H12O2S2. The van der Waals surface area contributed by atoms with Gasteiger partial charge < -0.3 is 0 Å². The quantitative estimate of drug-likeness (QED) is 0.853. The van der Waals surface area contributed by atoms with Gasteiger partial charge in [0.05, 0.1) is 0 Å². The van der Waals surface area contributed by atoms with Gasteiger partial charge in [-0.2, -0.15) is 0 Å². The molecule has 2 rings (SSSR count). The van der Waals surface area contributed by atoms with Crippen molar-refractivity contribution < 1.29 is 8.42 Å². The molecule has 0 aliphatic carbocycles. The molecule has 1 heterocycles. The van der Waals surface area contributed by atoms with Crippen LogP contribution in [0.1, 0.15) is 10.4 Å². The van der Waals surface area contributed by atoms with Gasteiger partial charge in [-0.3, -0.25) is 0 Å². The Bertz CT molecular complexity index is 609. The largest absolute Gasteiger partial charge is 0.225 e. The number of benzene rings is 1. The zero-order valence-electron chi connectivity index (χ0n) is 9.33. The SMILES string of the molecule is CS(=O)(=O)/C=C(\c1ccccc1)c1cccs1. The van der Waals surface area contributed by atoms with Gasteiger partial charge in [-0.05, 0) is 17.0 Å². The summed E-state index contributed by atoms with van der Waals surface area (Å²) in [5, 5.41) is 3.27. The molecule has 1 aromatic heterocycles. The van der Waals surface area contributed by atoms with Gasteiger partial charge in [-0.1, -0.05) is 36.4 Å². The number of rotatable bonds is 3. The van der Waals surface area contributed by atoms with Crippen LogP contribution in [0, 0.1) is 0 Å². The third-order valence-corrected chi connectivity index (χ3v) is 3.77. The maximum atomic E-state index is 11.4. The van der Waals surface area contributed by atoms with E-state index in [9.17, 15) is 8.42 Å². The Labute approximate surface area is 105 Å². The molecule has 0 saturated heterocycles. The minimum Gasteiger partial charge on any atom is -0.225 e. The first-order chi connectivity index (χ1) is 8.06. The third-order valence-electron chi connectivity index (χ3n) is 2.20. The number of thiophene rings is 1. The number of hydrogen-bond donors (Lipinski definition) is 0. The van der Waals surface area contributed by atoms with Crippen LogP contribution in [0.15, 0.2) is 53.3 Å². The van der Waals surface area contributed by atoms with Gasteiger partial charge in [-0.15, -0.1) is 11.3 Å². The Balaban J connectivity index is 2.58. The van der Waals surface area contributed by atoms with Gasteiger partial charge in [0.1, 0.15) is 0 Å². The second-order valence-corrected chi connectivity index (χ2v) is 6.55. The predicted molar refractivity (Wildman–Crippen MR) is 72.7 cm³/mol. The lowest BCUT2D eigenvalue weighted by atomic mass is 10.1. The number of hydrogen-bond acceptors (Lipinski definition) is 3. The summed E-state index contributed by atoms with van der Waals surface area (Å²) in [6.07, 6.45) is 1.21. The Kier molecular flexibility index (Phi) is 3.45. The van der Waals surface area contributed by atoms with Gasteiger partial charge >= 0.3 is 0 Å². The summed E-state index contributed by atoms with van der Waals surface area (Å²) in [4.78, 5) is 0.960. The van der Waals surface area contributed by atoms with E-state index in [0.717, 1.165) is 16.0 Å². The van der Waals surface area contributed by atoms with Crippen LogP contribution in [0.4, 0.5) is 0 Å². The van der Waals surface area contributed by atoms with Crippen LogP contribution in [-0.4, -0.2) is 14.7 Å². The fourth-order valence-electron chi connectivity index (χ4n) is 1.53. The molecule has 0 saturated carbocycles. The van der Waals surface area contributed by atoms with E-state index in [-0.39, 0.29) is 0 Å². The lowest BCUT2D eigenvalue weighted by Crippen LogP contribution is -1.93. The van der Waals surface area contributed by atoms with E-state index >= 15 is 0 Å². The highest BCUT2D eigenvalue weighted by Gasteiger charge is 2.09. The molecule has 1 aromatic carbocycles.